The number of carbonyl (C=O) groups excluding carboxylic acids is 4. The van der Waals surface area contributed by atoms with Crippen molar-refractivity contribution in [1.82, 2.24) is 20.4 Å². The summed E-state index contributed by atoms with van der Waals surface area (Å²) >= 11 is 0. The number of nitrogens with zero attached hydrogens (tertiary/aromatic N) is 2. The third-order valence-corrected chi connectivity index (χ3v) is 5.85. The van der Waals surface area contributed by atoms with Crippen molar-refractivity contribution in [2.45, 2.75) is 44.8 Å². The second-order valence-corrected chi connectivity index (χ2v) is 8.80. The van der Waals surface area contributed by atoms with Crippen molar-refractivity contribution in [2.75, 3.05) is 19.6 Å². The fraction of sp³-hybridized carbons (Fsp3) is 0.476. The Morgan fingerprint density at radius 2 is 1.91 bits per heavy atom. The summed E-state index contributed by atoms with van der Waals surface area (Å²) in [6.07, 6.45) is 0.0157. The number of hydrogen-bond acceptors (Lipinski definition) is 8. The molecule has 2 atom stereocenters. The number of amides is 5. The largest absolute Gasteiger partial charge is 0.547 e. The van der Waals surface area contributed by atoms with Gasteiger partial charge in [0.15, 0.2) is 0 Å². The number of hydrogen-bond donors (Lipinski definition) is 5. The van der Waals surface area contributed by atoms with E-state index in [2.05, 4.69) is 10.6 Å². The Morgan fingerprint density at radius 1 is 1.23 bits per heavy atom. The van der Waals surface area contributed by atoms with Crippen molar-refractivity contribution in [1.29, 1.82) is 0 Å². The highest BCUT2D eigenvalue weighted by atomic mass is 16.5. The number of urea groups is 1. The lowest BCUT2D eigenvalue weighted by Gasteiger charge is -2.36. The molecule has 1 aromatic rings. The molecule has 5 amide bonds. The molecule has 0 bridgehead atoms. The predicted molar refractivity (Wildman–Crippen MR) is 120 cm³/mol. The number of rotatable bonds is 6. The van der Waals surface area contributed by atoms with Crippen LogP contribution in [0.4, 0.5) is 4.79 Å². The lowest BCUT2D eigenvalue weighted by molar-refractivity contribution is -0.153. The molecule has 2 aliphatic heterocycles. The minimum atomic E-state index is -1.80. The molecule has 35 heavy (non-hydrogen) atoms. The van der Waals surface area contributed by atoms with E-state index in [1.165, 1.54) is 30.9 Å². The van der Waals surface area contributed by atoms with E-state index in [-0.39, 0.29) is 30.8 Å². The third kappa shape index (κ3) is 5.38. The minimum Gasteiger partial charge on any atom is -0.534 e. The molecule has 0 radical (unpaired) electrons. The highest BCUT2D eigenvalue weighted by Crippen LogP contribution is 2.30. The quantitative estimate of drug-likeness (QED) is 0.230. The average molecular weight is 490 g/mol. The SMILES string of the molecule is CCN1CCN(C(=O)NC(C(=O)N[C@H]2Cc3cccc(C(=O)O)c3OB2O)C(C)(C)O)C(=O)C1=O. The number of nitrogens with one attached hydrogen (secondary N) is 2. The second kappa shape index (κ2) is 9.92. The van der Waals surface area contributed by atoms with E-state index in [0.717, 1.165) is 0 Å². The summed E-state index contributed by atoms with van der Waals surface area (Å²) in [7, 11) is -1.61. The molecule has 3 rings (SSSR count). The number of carboxylic acids is 1. The summed E-state index contributed by atoms with van der Waals surface area (Å²) in [5, 5.41) is 35.0. The third-order valence-electron chi connectivity index (χ3n) is 5.85. The van der Waals surface area contributed by atoms with Crippen molar-refractivity contribution >= 4 is 36.8 Å². The van der Waals surface area contributed by atoms with Crippen molar-refractivity contribution < 1.29 is 43.9 Å². The Morgan fingerprint density at radius 3 is 2.51 bits per heavy atom. The number of likely N-dealkylation sites (N-methyl/N-ethyl adjacent to an activating group) is 1. The van der Waals surface area contributed by atoms with Gasteiger partial charge in [-0.3, -0.25) is 19.3 Å². The maximum absolute atomic E-state index is 13.0. The zero-order chi connectivity index (χ0) is 26.1. The summed E-state index contributed by atoms with van der Waals surface area (Å²) in [6.45, 7) is 4.58. The molecule has 2 aliphatic rings. The van der Waals surface area contributed by atoms with Crippen molar-refractivity contribution in [2.24, 2.45) is 0 Å². The molecule has 0 spiro atoms. The van der Waals surface area contributed by atoms with Crippen LogP contribution in [0.2, 0.25) is 0 Å². The van der Waals surface area contributed by atoms with Crippen LogP contribution in [0, 0.1) is 0 Å². The summed E-state index contributed by atoms with van der Waals surface area (Å²) in [5.74, 6) is -5.07. The van der Waals surface area contributed by atoms with E-state index < -0.39 is 54.4 Å². The first-order chi connectivity index (χ1) is 16.3. The molecular weight excluding hydrogens is 463 g/mol. The Balaban J connectivity index is 1.74. The van der Waals surface area contributed by atoms with E-state index in [1.807, 2.05) is 0 Å². The van der Waals surface area contributed by atoms with Gasteiger partial charge in [-0.25, -0.2) is 9.59 Å². The normalized spacial score (nSPS) is 19.0. The highest BCUT2D eigenvalue weighted by molar-refractivity contribution is 6.47. The Labute approximate surface area is 201 Å². The molecular formula is C21H27BN4O9. The van der Waals surface area contributed by atoms with E-state index in [0.29, 0.717) is 17.0 Å². The lowest BCUT2D eigenvalue weighted by Crippen LogP contribution is -2.65. The monoisotopic (exact) mass is 490 g/mol. The van der Waals surface area contributed by atoms with Gasteiger partial charge in [0.05, 0.1) is 17.1 Å². The summed E-state index contributed by atoms with van der Waals surface area (Å²) in [4.78, 5) is 63.5. The molecule has 0 aromatic heterocycles. The fourth-order valence-corrected chi connectivity index (χ4v) is 3.92. The first-order valence-corrected chi connectivity index (χ1v) is 11.0. The number of piperazine rings is 1. The number of carboxylic acid groups (broad SMARTS) is 1. The molecule has 1 saturated heterocycles. The highest BCUT2D eigenvalue weighted by Gasteiger charge is 2.43. The van der Waals surface area contributed by atoms with E-state index in [1.54, 1.807) is 13.0 Å². The number of benzene rings is 1. The van der Waals surface area contributed by atoms with Gasteiger partial charge in [0.25, 0.3) is 0 Å². The molecule has 0 aliphatic carbocycles. The van der Waals surface area contributed by atoms with Crippen LogP contribution < -0.4 is 15.3 Å². The lowest BCUT2D eigenvalue weighted by atomic mass is 9.72. The summed E-state index contributed by atoms with van der Waals surface area (Å²) in [6, 6.07) is 1.80. The number of para-hydroxylation sites is 1. The van der Waals surface area contributed by atoms with Crippen molar-refractivity contribution in [3.63, 3.8) is 0 Å². The molecule has 14 heteroatoms. The standard InChI is InChI=1S/C21H27BN4O9/c1-4-25-8-9-26(18(29)17(25)28)20(32)24-15(21(2,3)33)16(27)23-13-10-11-6-5-7-12(19(30)31)14(11)35-22(13)34/h5-7,13,15,33-34H,4,8-10H2,1-3H3,(H,23,27)(H,24,32)(H,30,31)/t13-,15?/m0/s1. The average Bonchev–Trinajstić information content (AvgIpc) is 2.78. The van der Waals surface area contributed by atoms with E-state index >= 15 is 0 Å². The van der Waals surface area contributed by atoms with Gasteiger partial charge in [-0.15, -0.1) is 0 Å². The van der Waals surface area contributed by atoms with Crippen LogP contribution in [0.15, 0.2) is 18.2 Å². The Kier molecular flexibility index (Phi) is 7.36. The van der Waals surface area contributed by atoms with Crippen LogP contribution in [-0.4, -0.2) is 99.1 Å². The molecule has 13 nitrogen and oxygen atoms in total. The van der Waals surface area contributed by atoms with Gasteiger partial charge >= 0.3 is 30.9 Å². The van der Waals surface area contributed by atoms with Gasteiger partial charge in [0.1, 0.15) is 11.8 Å². The fourth-order valence-electron chi connectivity index (χ4n) is 3.92. The molecule has 1 aromatic carbocycles. The number of carbonyl (C=O) groups is 5. The van der Waals surface area contributed by atoms with Crippen LogP contribution in [0.5, 0.6) is 5.75 Å². The first kappa shape index (κ1) is 26.0. The van der Waals surface area contributed by atoms with Crippen LogP contribution in [-0.2, 0) is 20.8 Å². The first-order valence-electron chi connectivity index (χ1n) is 11.0. The van der Waals surface area contributed by atoms with Gasteiger partial charge in [-0.1, -0.05) is 12.1 Å². The molecule has 188 valence electrons. The topological polar surface area (TPSA) is 186 Å². The molecule has 0 saturated carbocycles. The number of imide groups is 1. The Hall–Kier alpha value is -3.65. The smallest absolute Gasteiger partial charge is 0.534 e. The van der Waals surface area contributed by atoms with Gasteiger partial charge in [-0.05, 0) is 38.8 Å². The van der Waals surface area contributed by atoms with Gasteiger partial charge in [0, 0.05) is 19.6 Å². The summed E-state index contributed by atoms with van der Waals surface area (Å²) < 4.78 is 5.34. The zero-order valence-corrected chi connectivity index (χ0v) is 19.5. The van der Waals surface area contributed by atoms with Crippen molar-refractivity contribution in [3.8, 4) is 5.75 Å². The maximum Gasteiger partial charge on any atom is 0.547 e. The van der Waals surface area contributed by atoms with E-state index in [4.69, 9.17) is 4.65 Å². The van der Waals surface area contributed by atoms with E-state index in [9.17, 15) is 39.2 Å². The molecule has 5 N–H and O–H groups in total. The van der Waals surface area contributed by atoms with Gasteiger partial charge < -0.3 is 35.4 Å². The number of fused-ring (bicyclic) bond motifs is 1. The Bertz CT molecular complexity index is 1060. The van der Waals surface area contributed by atoms with Crippen LogP contribution in [0.3, 0.4) is 0 Å². The number of aliphatic hydroxyl groups is 1. The number of aromatic carboxylic acids is 1. The van der Waals surface area contributed by atoms with Crippen LogP contribution in [0.25, 0.3) is 0 Å². The van der Waals surface area contributed by atoms with Crippen LogP contribution in [0.1, 0.15) is 36.7 Å². The summed E-state index contributed by atoms with van der Waals surface area (Å²) in [5.41, 5.74) is -1.51. The van der Waals surface area contributed by atoms with Crippen molar-refractivity contribution in [3.05, 3.63) is 29.3 Å². The maximum atomic E-state index is 13.0. The molecule has 1 unspecified atom stereocenters. The molecule has 2 heterocycles. The zero-order valence-electron chi connectivity index (χ0n) is 19.5. The second-order valence-electron chi connectivity index (χ2n) is 8.80. The van der Waals surface area contributed by atoms with Gasteiger partial charge in [0.2, 0.25) is 5.91 Å². The van der Waals surface area contributed by atoms with Gasteiger partial charge in [-0.2, -0.15) is 0 Å². The van der Waals surface area contributed by atoms with Crippen LogP contribution >= 0.6 is 0 Å². The molecule has 1 fully saturated rings. The minimum absolute atomic E-state index is 0.0141. The predicted octanol–water partition coefficient (Wildman–Crippen LogP) is -1.64.